The fourth-order valence-electron chi connectivity index (χ4n) is 1.91. The van der Waals surface area contributed by atoms with E-state index in [1.54, 1.807) is 31.3 Å². The highest BCUT2D eigenvalue weighted by Gasteiger charge is 2.27. The normalized spacial score (nSPS) is 13.6. The van der Waals surface area contributed by atoms with Gasteiger partial charge in [0.25, 0.3) is 10.0 Å². The molecule has 0 fully saturated rings. The van der Waals surface area contributed by atoms with E-state index in [1.807, 2.05) is 13.0 Å². The van der Waals surface area contributed by atoms with E-state index in [-0.39, 0.29) is 16.9 Å². The van der Waals surface area contributed by atoms with Gasteiger partial charge in [-0.25, -0.2) is 8.42 Å². The molecule has 0 spiro atoms. The summed E-state index contributed by atoms with van der Waals surface area (Å²) in [5.41, 5.74) is 0.826. The fourth-order valence-corrected chi connectivity index (χ4v) is 4.86. The van der Waals surface area contributed by atoms with Crippen LogP contribution >= 0.6 is 22.9 Å². The Morgan fingerprint density at radius 2 is 2.05 bits per heavy atom. The first kappa shape index (κ1) is 16.5. The molecule has 0 aliphatic heterocycles. The molecule has 7 heteroatoms. The first-order valence-corrected chi connectivity index (χ1v) is 8.93. The number of thiophene rings is 1. The van der Waals surface area contributed by atoms with Gasteiger partial charge in [0.1, 0.15) is 4.21 Å². The number of nitrogens with zero attached hydrogens (tertiary/aromatic N) is 1. The predicted molar refractivity (Wildman–Crippen MR) is 85.1 cm³/mol. The maximum absolute atomic E-state index is 12.6. The van der Waals surface area contributed by atoms with Crippen molar-refractivity contribution in [1.29, 1.82) is 0 Å². The molecule has 0 bridgehead atoms. The van der Waals surface area contributed by atoms with Crippen LogP contribution in [0.25, 0.3) is 0 Å². The third-order valence-corrected chi connectivity index (χ3v) is 7.00. The molecule has 4 nitrogen and oxygen atoms in total. The predicted octanol–water partition coefficient (Wildman–Crippen LogP) is 3.28. The Morgan fingerprint density at radius 3 is 2.62 bits per heavy atom. The summed E-state index contributed by atoms with van der Waals surface area (Å²) in [5.74, 6) is 0. The highest BCUT2D eigenvalue weighted by molar-refractivity contribution is 7.91. The minimum Gasteiger partial charge on any atom is -0.391 e. The molecule has 1 heterocycles. The maximum atomic E-state index is 12.6. The van der Waals surface area contributed by atoms with Crippen molar-refractivity contribution in [3.8, 4) is 0 Å². The van der Waals surface area contributed by atoms with Crippen molar-refractivity contribution in [2.24, 2.45) is 0 Å². The molecule has 0 aliphatic carbocycles. The Balaban J connectivity index is 2.31. The molecule has 2 aromatic rings. The molecule has 0 saturated heterocycles. The van der Waals surface area contributed by atoms with Gasteiger partial charge in [-0.3, -0.25) is 0 Å². The van der Waals surface area contributed by atoms with E-state index in [9.17, 15) is 8.42 Å². The van der Waals surface area contributed by atoms with E-state index in [0.717, 1.165) is 16.9 Å². The number of aliphatic hydroxyl groups excluding tert-OH is 1. The van der Waals surface area contributed by atoms with Gasteiger partial charge >= 0.3 is 0 Å². The van der Waals surface area contributed by atoms with Gasteiger partial charge in [-0.15, -0.1) is 11.3 Å². The van der Waals surface area contributed by atoms with Gasteiger partial charge in [0.05, 0.1) is 6.61 Å². The number of halogens is 1. The van der Waals surface area contributed by atoms with Crippen LogP contribution in [0, 0.1) is 0 Å². The summed E-state index contributed by atoms with van der Waals surface area (Å²) in [6.45, 7) is 1.65. The molecule has 0 amide bonds. The molecule has 1 aromatic carbocycles. The van der Waals surface area contributed by atoms with E-state index < -0.39 is 10.0 Å². The SMILES string of the molecule is CC(c1cccc(Cl)c1)N(C)S(=O)(=O)c1ccc(CO)s1. The molecule has 2 rings (SSSR count). The lowest BCUT2D eigenvalue weighted by Crippen LogP contribution is -2.29. The lowest BCUT2D eigenvalue weighted by atomic mass is 10.1. The summed E-state index contributed by atoms with van der Waals surface area (Å²) in [6, 6.07) is 9.95. The van der Waals surface area contributed by atoms with Gasteiger partial charge < -0.3 is 5.11 Å². The molecule has 1 unspecified atom stereocenters. The summed E-state index contributed by atoms with van der Waals surface area (Å²) in [6.07, 6.45) is 0. The molecule has 1 atom stereocenters. The van der Waals surface area contributed by atoms with Crippen LogP contribution in [0.15, 0.2) is 40.6 Å². The van der Waals surface area contributed by atoms with Gasteiger partial charge in [0.2, 0.25) is 0 Å². The van der Waals surface area contributed by atoms with Crippen LogP contribution < -0.4 is 0 Å². The third-order valence-electron chi connectivity index (χ3n) is 3.30. The van der Waals surface area contributed by atoms with Crippen molar-refractivity contribution in [3.63, 3.8) is 0 Å². The second-order valence-corrected chi connectivity index (χ2v) is 8.46. The molecule has 0 radical (unpaired) electrons. The quantitative estimate of drug-likeness (QED) is 0.904. The summed E-state index contributed by atoms with van der Waals surface area (Å²) >= 11 is 7.03. The standard InChI is InChI=1S/C14H16ClNO3S2/c1-10(11-4-3-5-12(15)8-11)16(2)21(18,19)14-7-6-13(9-17)20-14/h3-8,10,17H,9H2,1-2H3. The summed E-state index contributed by atoms with van der Waals surface area (Å²) in [4.78, 5) is 0.623. The van der Waals surface area contributed by atoms with Gasteiger partial charge in [-0.05, 0) is 36.8 Å². The number of benzene rings is 1. The molecule has 0 saturated carbocycles. The largest absolute Gasteiger partial charge is 0.391 e. The first-order chi connectivity index (χ1) is 9.86. The second kappa shape index (κ2) is 6.46. The van der Waals surface area contributed by atoms with Crippen molar-refractivity contribution < 1.29 is 13.5 Å². The van der Waals surface area contributed by atoms with Crippen LogP contribution in [-0.2, 0) is 16.6 Å². The Labute approximate surface area is 133 Å². The highest BCUT2D eigenvalue weighted by atomic mass is 35.5. The van der Waals surface area contributed by atoms with Crippen LogP contribution in [0.1, 0.15) is 23.4 Å². The average molecular weight is 346 g/mol. The summed E-state index contributed by atoms with van der Waals surface area (Å²) < 4.78 is 26.7. The third kappa shape index (κ3) is 3.46. The van der Waals surface area contributed by atoms with Crippen molar-refractivity contribution >= 4 is 33.0 Å². The smallest absolute Gasteiger partial charge is 0.252 e. The van der Waals surface area contributed by atoms with Crippen molar-refractivity contribution in [3.05, 3.63) is 51.9 Å². The Bertz CT molecular complexity index is 727. The molecular weight excluding hydrogens is 330 g/mol. The Morgan fingerprint density at radius 1 is 1.33 bits per heavy atom. The van der Waals surface area contributed by atoms with Crippen molar-refractivity contribution in [2.45, 2.75) is 23.8 Å². The lowest BCUT2D eigenvalue weighted by Gasteiger charge is -2.24. The van der Waals surface area contributed by atoms with Crippen LogP contribution in [-0.4, -0.2) is 24.9 Å². The monoisotopic (exact) mass is 345 g/mol. The highest BCUT2D eigenvalue weighted by Crippen LogP contribution is 2.30. The van der Waals surface area contributed by atoms with Crippen LogP contribution in [0.2, 0.25) is 5.02 Å². The Kier molecular flexibility index (Phi) is 5.06. The van der Waals surface area contributed by atoms with Crippen LogP contribution in [0.5, 0.6) is 0 Å². The molecule has 1 aromatic heterocycles. The van der Waals surface area contributed by atoms with E-state index in [0.29, 0.717) is 9.90 Å². The van der Waals surface area contributed by atoms with Crippen LogP contribution in [0.4, 0.5) is 0 Å². The van der Waals surface area contributed by atoms with Crippen molar-refractivity contribution in [1.82, 2.24) is 4.31 Å². The molecule has 114 valence electrons. The zero-order chi connectivity index (χ0) is 15.6. The van der Waals surface area contributed by atoms with Gasteiger partial charge in [0.15, 0.2) is 0 Å². The fraction of sp³-hybridized carbons (Fsp3) is 0.286. The lowest BCUT2D eigenvalue weighted by molar-refractivity contribution is 0.285. The topological polar surface area (TPSA) is 57.6 Å². The van der Waals surface area contributed by atoms with E-state index in [1.165, 1.54) is 10.4 Å². The number of sulfonamides is 1. The van der Waals surface area contributed by atoms with E-state index in [4.69, 9.17) is 16.7 Å². The van der Waals surface area contributed by atoms with Crippen molar-refractivity contribution in [2.75, 3.05) is 7.05 Å². The van der Waals surface area contributed by atoms with Gasteiger partial charge in [-0.2, -0.15) is 4.31 Å². The number of aliphatic hydroxyl groups is 1. The molecule has 21 heavy (non-hydrogen) atoms. The Hall–Kier alpha value is -0.920. The molecular formula is C14H16ClNO3S2. The number of rotatable bonds is 5. The minimum atomic E-state index is -3.59. The zero-order valence-corrected chi connectivity index (χ0v) is 14.0. The van der Waals surface area contributed by atoms with Gasteiger partial charge in [-0.1, -0.05) is 23.7 Å². The second-order valence-electron chi connectivity index (χ2n) is 4.63. The zero-order valence-electron chi connectivity index (χ0n) is 11.7. The molecule has 1 N–H and O–H groups in total. The summed E-state index contributed by atoms with van der Waals surface area (Å²) in [7, 11) is -2.05. The minimum absolute atomic E-state index is 0.159. The summed E-state index contributed by atoms with van der Waals surface area (Å²) in [5, 5.41) is 9.63. The van der Waals surface area contributed by atoms with Gasteiger partial charge in [0, 0.05) is 23.0 Å². The van der Waals surface area contributed by atoms with E-state index >= 15 is 0 Å². The number of hydrogen-bond donors (Lipinski definition) is 1. The van der Waals surface area contributed by atoms with Crippen LogP contribution in [0.3, 0.4) is 0 Å². The average Bonchev–Trinajstić information content (AvgIpc) is 2.95. The molecule has 0 aliphatic rings. The first-order valence-electron chi connectivity index (χ1n) is 6.29. The number of hydrogen-bond acceptors (Lipinski definition) is 4. The van der Waals surface area contributed by atoms with E-state index in [2.05, 4.69) is 0 Å². The maximum Gasteiger partial charge on any atom is 0.252 e.